The van der Waals surface area contributed by atoms with Gasteiger partial charge in [0, 0.05) is 17.1 Å². The van der Waals surface area contributed by atoms with Gasteiger partial charge < -0.3 is 5.11 Å². The third-order valence-corrected chi connectivity index (χ3v) is 7.90. The van der Waals surface area contributed by atoms with Gasteiger partial charge in [0.15, 0.2) is 0 Å². The molecule has 4 unspecified atom stereocenters. The molecule has 0 spiro atoms. The molecule has 3 nitrogen and oxygen atoms in total. The van der Waals surface area contributed by atoms with E-state index in [0.717, 1.165) is 38.5 Å². The molecule has 2 aliphatic carbocycles. The Labute approximate surface area is 131 Å². The van der Waals surface area contributed by atoms with Gasteiger partial charge in [0.1, 0.15) is 9.84 Å². The highest BCUT2D eigenvalue weighted by Gasteiger charge is 2.37. The van der Waals surface area contributed by atoms with Gasteiger partial charge in [-0.2, -0.15) is 0 Å². The molecule has 0 aliphatic heterocycles. The maximum atomic E-state index is 11.8. The van der Waals surface area contributed by atoms with Crippen LogP contribution in [0.1, 0.15) is 54.9 Å². The highest BCUT2D eigenvalue weighted by molar-refractivity contribution is 7.91. The predicted octanol–water partition coefficient (Wildman–Crippen LogP) is 3.13. The Balaban J connectivity index is 1.76. The first-order chi connectivity index (χ1) is 9.97. The molecule has 1 N–H and O–H groups in total. The normalized spacial score (nSPS) is 31.6. The average molecular weight is 328 g/mol. The van der Waals surface area contributed by atoms with E-state index in [9.17, 15) is 13.5 Å². The first-order valence-electron chi connectivity index (χ1n) is 7.90. The summed E-state index contributed by atoms with van der Waals surface area (Å²) >= 11 is 1.79. The lowest BCUT2D eigenvalue weighted by Crippen LogP contribution is -2.36. The molecule has 1 heterocycles. The van der Waals surface area contributed by atoms with Gasteiger partial charge in [0.2, 0.25) is 0 Å². The van der Waals surface area contributed by atoms with Crippen LogP contribution in [0, 0.1) is 5.92 Å². The van der Waals surface area contributed by atoms with Crippen LogP contribution in [0.25, 0.3) is 0 Å². The molecule has 1 aromatic heterocycles. The lowest BCUT2D eigenvalue weighted by Gasteiger charge is -2.36. The Morgan fingerprint density at radius 2 is 2.10 bits per heavy atom. The highest BCUT2D eigenvalue weighted by Crippen LogP contribution is 2.42. The van der Waals surface area contributed by atoms with E-state index in [1.165, 1.54) is 16.7 Å². The smallest absolute Gasteiger partial charge is 0.150 e. The Hall–Kier alpha value is -0.390. The van der Waals surface area contributed by atoms with Crippen molar-refractivity contribution in [3.8, 4) is 0 Å². The van der Waals surface area contributed by atoms with Crippen LogP contribution in [0.15, 0.2) is 11.4 Å². The number of sulfone groups is 1. The quantitative estimate of drug-likeness (QED) is 0.927. The van der Waals surface area contributed by atoms with Gasteiger partial charge in [0.25, 0.3) is 0 Å². The summed E-state index contributed by atoms with van der Waals surface area (Å²) in [4.78, 5) is 1.42. The van der Waals surface area contributed by atoms with E-state index in [0.29, 0.717) is 6.42 Å². The van der Waals surface area contributed by atoms with Gasteiger partial charge in [-0.3, -0.25) is 0 Å². The van der Waals surface area contributed by atoms with E-state index in [1.54, 1.807) is 11.3 Å². The van der Waals surface area contributed by atoms with Crippen molar-refractivity contribution in [1.82, 2.24) is 0 Å². The van der Waals surface area contributed by atoms with Gasteiger partial charge in [0.05, 0.1) is 11.4 Å². The third-order valence-electron chi connectivity index (χ3n) is 5.27. The topological polar surface area (TPSA) is 54.4 Å². The maximum Gasteiger partial charge on any atom is 0.150 e. The second-order valence-electron chi connectivity index (χ2n) is 6.67. The van der Waals surface area contributed by atoms with Crippen molar-refractivity contribution in [2.75, 3.05) is 6.26 Å². The van der Waals surface area contributed by atoms with Crippen molar-refractivity contribution < 1.29 is 13.5 Å². The number of rotatable bonds is 3. The van der Waals surface area contributed by atoms with E-state index in [2.05, 4.69) is 11.4 Å². The Morgan fingerprint density at radius 1 is 1.29 bits per heavy atom. The van der Waals surface area contributed by atoms with E-state index in [1.807, 2.05) is 0 Å². The molecule has 0 saturated heterocycles. The molecule has 21 heavy (non-hydrogen) atoms. The van der Waals surface area contributed by atoms with Crippen molar-refractivity contribution in [2.45, 2.75) is 62.2 Å². The molecule has 1 saturated carbocycles. The number of fused-ring (bicyclic) bond motifs is 1. The summed E-state index contributed by atoms with van der Waals surface area (Å²) in [5.41, 5.74) is 1.32. The molecule has 0 aromatic carbocycles. The van der Waals surface area contributed by atoms with E-state index >= 15 is 0 Å². The Morgan fingerprint density at radius 3 is 2.86 bits per heavy atom. The number of aliphatic hydroxyl groups excluding tert-OH is 1. The molecule has 1 fully saturated rings. The number of hydrogen-bond donors (Lipinski definition) is 1. The van der Waals surface area contributed by atoms with E-state index < -0.39 is 9.84 Å². The number of aliphatic hydroxyl groups is 1. The molecule has 2 aliphatic rings. The first kappa shape index (κ1) is 15.5. The van der Waals surface area contributed by atoms with Crippen LogP contribution in [0.3, 0.4) is 0 Å². The summed E-state index contributed by atoms with van der Waals surface area (Å²) in [6.07, 6.45) is 7.53. The van der Waals surface area contributed by atoms with Gasteiger partial charge in [-0.05, 0) is 61.5 Å². The van der Waals surface area contributed by atoms with Crippen LogP contribution in [-0.4, -0.2) is 31.1 Å². The number of thiophene rings is 1. The average Bonchev–Trinajstić information content (AvgIpc) is 2.94. The van der Waals surface area contributed by atoms with Crippen LogP contribution < -0.4 is 0 Å². The minimum absolute atomic E-state index is 0.134. The number of hydrogen-bond acceptors (Lipinski definition) is 4. The standard InChI is InChI=1S/C16H24O3S2/c1-21(18,19)12-5-2-4-11(10-12)16(17)14-6-3-7-15-13(14)8-9-20-15/h8-9,11-12,14,16-17H,2-7,10H2,1H3. The van der Waals surface area contributed by atoms with Crippen molar-refractivity contribution >= 4 is 21.2 Å². The highest BCUT2D eigenvalue weighted by atomic mass is 32.2. The lowest BCUT2D eigenvalue weighted by molar-refractivity contribution is 0.0559. The summed E-state index contributed by atoms with van der Waals surface area (Å²) in [6, 6.07) is 2.16. The maximum absolute atomic E-state index is 11.8. The summed E-state index contributed by atoms with van der Waals surface area (Å²) in [6.45, 7) is 0. The van der Waals surface area contributed by atoms with Crippen molar-refractivity contribution in [3.63, 3.8) is 0 Å². The zero-order valence-corrected chi connectivity index (χ0v) is 14.1. The summed E-state index contributed by atoms with van der Waals surface area (Å²) < 4.78 is 23.6. The SMILES string of the molecule is CS(=O)(=O)C1CCCC(C(O)C2CCCc3sccc32)C1. The van der Waals surface area contributed by atoms with Crippen LogP contribution in [0.4, 0.5) is 0 Å². The van der Waals surface area contributed by atoms with Crippen molar-refractivity contribution in [1.29, 1.82) is 0 Å². The fourth-order valence-corrected chi connectivity index (χ4v) is 6.27. The molecule has 0 amide bonds. The summed E-state index contributed by atoms with van der Waals surface area (Å²) in [7, 11) is -2.98. The van der Waals surface area contributed by atoms with Gasteiger partial charge in [-0.15, -0.1) is 11.3 Å². The van der Waals surface area contributed by atoms with Gasteiger partial charge in [-0.25, -0.2) is 8.42 Å². The molecule has 118 valence electrons. The lowest BCUT2D eigenvalue weighted by atomic mass is 9.74. The van der Waals surface area contributed by atoms with Crippen LogP contribution in [0.5, 0.6) is 0 Å². The molecule has 3 rings (SSSR count). The molecule has 0 bridgehead atoms. The van der Waals surface area contributed by atoms with Crippen molar-refractivity contribution in [2.24, 2.45) is 5.92 Å². The Bertz CT molecular complexity index is 590. The molecule has 0 radical (unpaired) electrons. The molecular weight excluding hydrogens is 304 g/mol. The molecule has 1 aromatic rings. The van der Waals surface area contributed by atoms with Crippen LogP contribution in [-0.2, 0) is 16.3 Å². The zero-order chi connectivity index (χ0) is 15.0. The Kier molecular flexibility index (Phi) is 4.44. The molecule has 5 heteroatoms. The second kappa shape index (κ2) is 6.01. The largest absolute Gasteiger partial charge is 0.392 e. The zero-order valence-electron chi connectivity index (χ0n) is 12.5. The predicted molar refractivity (Wildman–Crippen MR) is 86.6 cm³/mol. The van der Waals surface area contributed by atoms with Crippen LogP contribution >= 0.6 is 11.3 Å². The summed E-state index contributed by atoms with van der Waals surface area (Å²) in [5.74, 6) is 0.345. The van der Waals surface area contributed by atoms with E-state index in [-0.39, 0.29) is 23.2 Å². The third kappa shape index (κ3) is 3.20. The van der Waals surface area contributed by atoms with E-state index in [4.69, 9.17) is 0 Å². The second-order valence-corrected chi connectivity index (χ2v) is 9.99. The minimum atomic E-state index is -2.98. The first-order valence-corrected chi connectivity index (χ1v) is 10.7. The van der Waals surface area contributed by atoms with Gasteiger partial charge in [-0.1, -0.05) is 6.42 Å². The number of aryl methyl sites for hydroxylation is 1. The summed E-state index contributed by atoms with van der Waals surface area (Å²) in [5, 5.41) is 12.7. The van der Waals surface area contributed by atoms with Crippen LogP contribution in [0.2, 0.25) is 0 Å². The molecular formula is C16H24O3S2. The fourth-order valence-electron chi connectivity index (χ4n) is 4.09. The van der Waals surface area contributed by atoms with Gasteiger partial charge >= 0.3 is 0 Å². The fraction of sp³-hybridized carbons (Fsp3) is 0.750. The molecule has 4 atom stereocenters. The minimum Gasteiger partial charge on any atom is -0.392 e. The van der Waals surface area contributed by atoms with Crippen molar-refractivity contribution in [3.05, 3.63) is 21.9 Å². The monoisotopic (exact) mass is 328 g/mol.